The Morgan fingerprint density at radius 1 is 1.36 bits per heavy atom. The van der Waals surface area contributed by atoms with Gasteiger partial charge < -0.3 is 14.0 Å². The molecule has 0 saturated carbocycles. The molecule has 2 heterocycles. The van der Waals surface area contributed by atoms with Crippen molar-refractivity contribution in [3.8, 4) is 11.5 Å². The number of fused-ring (bicyclic) bond motifs is 1. The van der Waals surface area contributed by atoms with Crippen molar-refractivity contribution in [2.45, 2.75) is 24.5 Å². The van der Waals surface area contributed by atoms with Gasteiger partial charge in [0.15, 0.2) is 11.5 Å². The second-order valence-corrected chi connectivity index (χ2v) is 7.56. The Morgan fingerprint density at radius 2 is 2.16 bits per heavy atom. The molecule has 1 aromatic carbocycles. The van der Waals surface area contributed by atoms with E-state index in [-0.39, 0.29) is 17.6 Å². The van der Waals surface area contributed by atoms with Crippen LogP contribution in [-0.4, -0.2) is 49.3 Å². The van der Waals surface area contributed by atoms with Gasteiger partial charge in [0.05, 0.1) is 11.6 Å². The summed E-state index contributed by atoms with van der Waals surface area (Å²) in [6.45, 7) is 1.63. The number of ether oxygens (including phenoxy) is 1. The van der Waals surface area contributed by atoms with Crippen LogP contribution in [0, 0.1) is 0 Å². The minimum Gasteiger partial charge on any atom is -0.504 e. The number of hydrogen-bond donors (Lipinski definition) is 2. The fourth-order valence-corrected chi connectivity index (χ4v) is 4.62. The lowest BCUT2D eigenvalue weighted by molar-refractivity contribution is 0.0514. The van der Waals surface area contributed by atoms with Crippen molar-refractivity contribution in [1.82, 2.24) is 4.90 Å². The van der Waals surface area contributed by atoms with Crippen molar-refractivity contribution >= 4 is 10.4 Å². The minimum atomic E-state index is -4.72. The fraction of sp³-hybridized carbons (Fsp3) is 0.412. The molecule has 0 aromatic heterocycles. The molecule has 0 amide bonds. The predicted molar refractivity (Wildman–Crippen MR) is 89.9 cm³/mol. The van der Waals surface area contributed by atoms with E-state index in [1.165, 1.54) is 12.1 Å². The van der Waals surface area contributed by atoms with Gasteiger partial charge in [-0.1, -0.05) is 18.2 Å². The van der Waals surface area contributed by atoms with Crippen molar-refractivity contribution in [3.63, 3.8) is 0 Å². The van der Waals surface area contributed by atoms with E-state index < -0.39 is 15.9 Å². The smallest absolute Gasteiger partial charge is 0.446 e. The summed E-state index contributed by atoms with van der Waals surface area (Å²) in [4.78, 5) is 2.33. The van der Waals surface area contributed by atoms with Gasteiger partial charge in [-0.2, -0.15) is 8.42 Å². The van der Waals surface area contributed by atoms with E-state index in [0.717, 1.165) is 36.2 Å². The lowest BCUT2D eigenvalue weighted by Crippen LogP contribution is -2.51. The van der Waals surface area contributed by atoms with Crippen molar-refractivity contribution in [2.24, 2.45) is 0 Å². The molecule has 1 spiro atoms. The van der Waals surface area contributed by atoms with E-state index in [0.29, 0.717) is 6.42 Å². The first kappa shape index (κ1) is 16.6. The number of methoxy groups -OCH3 is 1. The molecular weight excluding hydrogens is 346 g/mol. The molecule has 2 aliphatic heterocycles. The van der Waals surface area contributed by atoms with Crippen molar-refractivity contribution in [2.75, 3.05) is 20.2 Å². The molecule has 0 bridgehead atoms. The molecule has 0 fully saturated rings. The summed E-state index contributed by atoms with van der Waals surface area (Å²) in [6.07, 6.45) is 7.58. The van der Waals surface area contributed by atoms with Gasteiger partial charge in [-0.15, -0.1) is 0 Å². The van der Waals surface area contributed by atoms with Crippen molar-refractivity contribution in [3.05, 3.63) is 47.1 Å². The summed E-state index contributed by atoms with van der Waals surface area (Å²) in [6, 6.07) is 3.05. The Hall–Kier alpha value is -1.87. The quantitative estimate of drug-likeness (QED) is 0.785. The van der Waals surface area contributed by atoms with Crippen LogP contribution in [0.25, 0.3) is 0 Å². The first-order valence-electron chi connectivity index (χ1n) is 8.03. The maximum atomic E-state index is 11.1. The summed E-state index contributed by atoms with van der Waals surface area (Å²) in [7, 11) is -3.06. The lowest BCUT2D eigenvalue weighted by Gasteiger charge is -2.48. The molecule has 0 radical (unpaired) electrons. The summed E-state index contributed by atoms with van der Waals surface area (Å²) in [5.74, 6) is -0.577. The monoisotopic (exact) mass is 365 g/mol. The number of benzene rings is 1. The molecule has 1 aliphatic carbocycles. The third-order valence-corrected chi connectivity index (χ3v) is 5.71. The Kier molecular flexibility index (Phi) is 3.69. The molecule has 2 unspecified atom stereocenters. The van der Waals surface area contributed by atoms with Crippen LogP contribution in [-0.2, 0) is 27.1 Å². The molecule has 7 nitrogen and oxygen atoms in total. The van der Waals surface area contributed by atoms with E-state index in [1.807, 2.05) is 12.2 Å². The third kappa shape index (κ3) is 2.56. The molecule has 3 aliphatic rings. The number of phenolic OH excluding ortho intramolecular Hbond substituents is 1. The first-order valence-corrected chi connectivity index (χ1v) is 9.40. The van der Waals surface area contributed by atoms with Gasteiger partial charge in [0.25, 0.3) is 0 Å². The number of aromatic hydroxyl groups is 1. The molecule has 25 heavy (non-hydrogen) atoms. The highest BCUT2D eigenvalue weighted by Crippen LogP contribution is 2.52. The van der Waals surface area contributed by atoms with Gasteiger partial charge in [-0.05, 0) is 35.3 Å². The molecule has 1 aromatic rings. The molecule has 134 valence electrons. The van der Waals surface area contributed by atoms with Gasteiger partial charge in [-0.25, -0.2) is 0 Å². The Morgan fingerprint density at radius 3 is 2.88 bits per heavy atom. The number of hydrogen-bond acceptors (Lipinski definition) is 6. The van der Waals surface area contributed by atoms with Crippen LogP contribution in [0.1, 0.15) is 17.5 Å². The van der Waals surface area contributed by atoms with Crippen LogP contribution >= 0.6 is 0 Å². The molecular formula is C17H19NO6S. The van der Waals surface area contributed by atoms with Gasteiger partial charge in [0.1, 0.15) is 0 Å². The van der Waals surface area contributed by atoms with E-state index >= 15 is 0 Å². The highest BCUT2D eigenvalue weighted by atomic mass is 32.3. The average molecular weight is 365 g/mol. The van der Waals surface area contributed by atoms with Crippen LogP contribution < -0.4 is 4.18 Å². The zero-order valence-electron chi connectivity index (χ0n) is 13.7. The molecule has 2 N–H and O–H groups in total. The standard InChI is InChI=1S/C17H19NO6S/c1-23-13-3-2-12-5-7-18-6-4-11-8-15(19)16(24-25(20,21)22)9-14(11)17(12,18)10-13/h2-3,5,8-9,13,19H,4,6-7,10H2,1H3,(H,20,21,22). The number of rotatable bonds is 3. The van der Waals surface area contributed by atoms with E-state index in [1.54, 1.807) is 7.11 Å². The zero-order valence-corrected chi connectivity index (χ0v) is 14.5. The summed E-state index contributed by atoms with van der Waals surface area (Å²) >= 11 is 0. The van der Waals surface area contributed by atoms with Crippen LogP contribution in [0.15, 0.2) is 35.9 Å². The minimum absolute atomic E-state index is 0.0663. The zero-order chi connectivity index (χ0) is 17.8. The Balaban J connectivity index is 1.89. The molecule has 8 heteroatoms. The summed E-state index contributed by atoms with van der Waals surface area (Å²) < 4.78 is 41.3. The van der Waals surface area contributed by atoms with Gasteiger partial charge in [0, 0.05) is 26.6 Å². The average Bonchev–Trinajstić information content (AvgIpc) is 2.93. The Bertz CT molecular complexity index is 891. The van der Waals surface area contributed by atoms with Crippen LogP contribution in [0.3, 0.4) is 0 Å². The molecule has 0 saturated heterocycles. The van der Waals surface area contributed by atoms with Gasteiger partial charge >= 0.3 is 10.4 Å². The van der Waals surface area contributed by atoms with Crippen LogP contribution in [0.5, 0.6) is 11.5 Å². The van der Waals surface area contributed by atoms with Gasteiger partial charge in [0.2, 0.25) is 0 Å². The SMILES string of the molecule is COC1C=CC2=CCN3CCc4cc(O)c(OS(=O)(=O)O)cc4C23C1. The third-order valence-electron chi connectivity index (χ3n) is 5.32. The lowest BCUT2D eigenvalue weighted by atomic mass is 9.71. The molecule has 4 rings (SSSR count). The summed E-state index contributed by atoms with van der Waals surface area (Å²) in [5, 5.41) is 10.1. The predicted octanol–water partition coefficient (Wildman–Crippen LogP) is 1.54. The maximum Gasteiger partial charge on any atom is 0.446 e. The largest absolute Gasteiger partial charge is 0.504 e. The van der Waals surface area contributed by atoms with Crippen LogP contribution in [0.4, 0.5) is 0 Å². The number of nitrogens with zero attached hydrogens (tertiary/aromatic N) is 1. The van der Waals surface area contributed by atoms with Crippen molar-refractivity contribution < 1.29 is 27.0 Å². The van der Waals surface area contributed by atoms with Gasteiger partial charge in [-0.3, -0.25) is 9.45 Å². The highest BCUT2D eigenvalue weighted by molar-refractivity contribution is 7.81. The Labute approximate surface area is 146 Å². The first-order chi connectivity index (χ1) is 11.8. The van der Waals surface area contributed by atoms with E-state index in [4.69, 9.17) is 9.29 Å². The second-order valence-electron chi connectivity index (χ2n) is 6.54. The topological polar surface area (TPSA) is 96.3 Å². The van der Waals surface area contributed by atoms with Crippen LogP contribution in [0.2, 0.25) is 0 Å². The normalized spacial score (nSPS) is 28.1. The van der Waals surface area contributed by atoms with Crippen molar-refractivity contribution in [1.29, 1.82) is 0 Å². The van der Waals surface area contributed by atoms with E-state index in [9.17, 15) is 13.5 Å². The molecule has 2 atom stereocenters. The fourth-order valence-electron chi connectivity index (χ4n) is 4.26. The second kappa shape index (κ2) is 5.57. The maximum absolute atomic E-state index is 11.1. The van der Waals surface area contributed by atoms with E-state index in [2.05, 4.69) is 15.2 Å². The highest BCUT2D eigenvalue weighted by Gasteiger charge is 2.50. The number of phenols is 1. The summed E-state index contributed by atoms with van der Waals surface area (Å²) in [5.41, 5.74) is 2.51.